The Morgan fingerprint density at radius 2 is 2.00 bits per heavy atom. The monoisotopic (exact) mass is 381 g/mol. The molecule has 0 saturated heterocycles. The molecular formula is C12H16BrNO6S. The van der Waals surface area contributed by atoms with Crippen LogP contribution >= 0.6 is 15.9 Å². The van der Waals surface area contributed by atoms with Crippen molar-refractivity contribution < 1.29 is 28.5 Å². The molecule has 0 aliphatic carbocycles. The third-order valence-corrected chi connectivity index (χ3v) is 5.05. The number of benzene rings is 1. The molecule has 21 heavy (non-hydrogen) atoms. The van der Waals surface area contributed by atoms with Crippen molar-refractivity contribution in [3.63, 3.8) is 0 Å². The summed E-state index contributed by atoms with van der Waals surface area (Å²) in [5, 5.41) is 27.6. The van der Waals surface area contributed by atoms with Crippen LogP contribution in [0.4, 0.5) is 0 Å². The zero-order valence-electron chi connectivity index (χ0n) is 11.4. The minimum absolute atomic E-state index is 0.140. The van der Waals surface area contributed by atoms with E-state index < -0.39 is 34.7 Å². The van der Waals surface area contributed by atoms with Gasteiger partial charge in [-0.1, -0.05) is 15.9 Å². The number of rotatable bonds is 6. The molecule has 1 unspecified atom stereocenters. The van der Waals surface area contributed by atoms with E-state index in [-0.39, 0.29) is 10.5 Å². The predicted octanol–water partition coefficient (Wildman–Crippen LogP) is 0.477. The summed E-state index contributed by atoms with van der Waals surface area (Å²) in [6, 6.07) is 2.32. The fraction of sp³-hybridized carbons (Fsp3) is 0.417. The SMILES string of the molecule is Cc1c(Br)cc(S(=O)(=O)NCC(C)(O)CO)cc1C(=O)O. The van der Waals surface area contributed by atoms with E-state index in [9.17, 15) is 18.3 Å². The highest BCUT2D eigenvalue weighted by molar-refractivity contribution is 9.10. The maximum Gasteiger partial charge on any atom is 0.336 e. The Morgan fingerprint density at radius 3 is 2.48 bits per heavy atom. The average Bonchev–Trinajstić information content (AvgIpc) is 2.39. The van der Waals surface area contributed by atoms with E-state index in [1.54, 1.807) is 6.92 Å². The molecule has 1 aromatic carbocycles. The highest BCUT2D eigenvalue weighted by atomic mass is 79.9. The molecule has 4 N–H and O–H groups in total. The third kappa shape index (κ3) is 4.48. The lowest BCUT2D eigenvalue weighted by Crippen LogP contribution is -2.43. The second-order valence-electron chi connectivity index (χ2n) is 4.86. The summed E-state index contributed by atoms with van der Waals surface area (Å²) in [5.41, 5.74) is -1.34. The maximum atomic E-state index is 12.1. The zero-order valence-corrected chi connectivity index (χ0v) is 13.8. The van der Waals surface area contributed by atoms with Gasteiger partial charge in [-0.15, -0.1) is 0 Å². The summed E-state index contributed by atoms with van der Waals surface area (Å²) in [6.45, 7) is 1.80. The fourth-order valence-electron chi connectivity index (χ4n) is 1.42. The van der Waals surface area contributed by atoms with Gasteiger partial charge < -0.3 is 15.3 Å². The van der Waals surface area contributed by atoms with Gasteiger partial charge in [0.25, 0.3) is 0 Å². The van der Waals surface area contributed by atoms with Gasteiger partial charge in [0, 0.05) is 11.0 Å². The molecule has 0 radical (unpaired) electrons. The molecular weight excluding hydrogens is 366 g/mol. The Morgan fingerprint density at radius 1 is 1.43 bits per heavy atom. The maximum absolute atomic E-state index is 12.1. The predicted molar refractivity (Wildman–Crippen MR) is 78.7 cm³/mol. The van der Waals surface area contributed by atoms with E-state index in [0.29, 0.717) is 10.0 Å². The van der Waals surface area contributed by atoms with Gasteiger partial charge in [-0.25, -0.2) is 17.9 Å². The number of aliphatic hydroxyl groups excluding tert-OH is 1. The molecule has 0 heterocycles. The van der Waals surface area contributed by atoms with Gasteiger partial charge in [0.05, 0.1) is 22.7 Å². The highest BCUT2D eigenvalue weighted by Gasteiger charge is 2.25. The number of aliphatic hydroxyl groups is 2. The number of hydrogen-bond donors (Lipinski definition) is 4. The smallest absolute Gasteiger partial charge is 0.336 e. The van der Waals surface area contributed by atoms with Gasteiger partial charge in [-0.3, -0.25) is 0 Å². The highest BCUT2D eigenvalue weighted by Crippen LogP contribution is 2.25. The molecule has 0 aromatic heterocycles. The number of hydrogen-bond acceptors (Lipinski definition) is 5. The molecule has 1 aromatic rings. The summed E-state index contributed by atoms with van der Waals surface area (Å²) in [5.74, 6) is -1.24. The Labute approximate surface area is 130 Å². The van der Waals surface area contributed by atoms with Crippen LogP contribution in [0.1, 0.15) is 22.8 Å². The largest absolute Gasteiger partial charge is 0.478 e. The molecule has 7 nitrogen and oxygen atoms in total. The lowest BCUT2D eigenvalue weighted by molar-refractivity contribution is 0.00681. The molecule has 9 heteroatoms. The molecule has 1 atom stereocenters. The fourth-order valence-corrected chi connectivity index (χ4v) is 3.25. The standard InChI is InChI=1S/C12H16BrNO6S/c1-7-9(11(16)17)3-8(4-10(7)13)21(19,20)14-5-12(2,18)6-15/h3-4,14-15,18H,5-6H2,1-2H3,(H,16,17). The van der Waals surface area contributed by atoms with Crippen molar-refractivity contribution in [1.82, 2.24) is 4.72 Å². The third-order valence-electron chi connectivity index (χ3n) is 2.84. The van der Waals surface area contributed by atoms with Crippen LogP contribution in [0.15, 0.2) is 21.5 Å². The molecule has 118 valence electrons. The summed E-state index contributed by atoms with van der Waals surface area (Å²) < 4.78 is 26.7. The normalized spacial score (nSPS) is 14.7. The molecule has 1 rings (SSSR count). The lowest BCUT2D eigenvalue weighted by Gasteiger charge is -2.20. The van der Waals surface area contributed by atoms with Crippen molar-refractivity contribution in [3.8, 4) is 0 Å². The first-order valence-corrected chi connectivity index (χ1v) is 8.14. The molecule has 0 bridgehead atoms. The Balaban J connectivity index is 3.18. The first-order chi connectivity index (χ1) is 9.50. The average molecular weight is 382 g/mol. The van der Waals surface area contributed by atoms with E-state index in [2.05, 4.69) is 20.7 Å². The first kappa shape index (κ1) is 18.1. The zero-order chi connectivity index (χ0) is 16.4. The second-order valence-corrected chi connectivity index (χ2v) is 7.48. The Kier molecular flexibility index (Phi) is 5.51. The number of nitrogens with one attached hydrogen (secondary N) is 1. The summed E-state index contributed by atoms with van der Waals surface area (Å²) in [6.07, 6.45) is 0. The van der Waals surface area contributed by atoms with Crippen LogP contribution in [-0.4, -0.2) is 48.5 Å². The lowest BCUT2D eigenvalue weighted by atomic mass is 10.1. The van der Waals surface area contributed by atoms with E-state index in [1.807, 2.05) is 0 Å². The van der Waals surface area contributed by atoms with Crippen molar-refractivity contribution in [3.05, 3.63) is 27.7 Å². The van der Waals surface area contributed by atoms with E-state index in [1.165, 1.54) is 13.0 Å². The van der Waals surface area contributed by atoms with E-state index >= 15 is 0 Å². The van der Waals surface area contributed by atoms with Crippen molar-refractivity contribution in [2.24, 2.45) is 0 Å². The number of aromatic carboxylic acids is 1. The number of carbonyl (C=O) groups is 1. The van der Waals surface area contributed by atoms with Crippen LogP contribution < -0.4 is 4.72 Å². The first-order valence-electron chi connectivity index (χ1n) is 5.86. The van der Waals surface area contributed by atoms with Crippen LogP contribution in [0.3, 0.4) is 0 Å². The van der Waals surface area contributed by atoms with Crippen molar-refractivity contribution in [1.29, 1.82) is 0 Å². The van der Waals surface area contributed by atoms with Gasteiger partial charge in [0.2, 0.25) is 10.0 Å². The number of carboxylic acid groups (broad SMARTS) is 1. The van der Waals surface area contributed by atoms with E-state index in [4.69, 9.17) is 10.2 Å². The van der Waals surface area contributed by atoms with Crippen LogP contribution in [0, 0.1) is 6.92 Å². The number of carboxylic acids is 1. The van der Waals surface area contributed by atoms with Gasteiger partial charge in [-0.2, -0.15) is 0 Å². The summed E-state index contributed by atoms with van der Waals surface area (Å²) >= 11 is 3.12. The van der Waals surface area contributed by atoms with Gasteiger partial charge in [-0.05, 0) is 31.5 Å². The summed E-state index contributed by atoms with van der Waals surface area (Å²) in [7, 11) is -4.01. The van der Waals surface area contributed by atoms with Gasteiger partial charge >= 0.3 is 5.97 Å². The Bertz CT molecular complexity index is 656. The Hall–Kier alpha value is -1.00. The molecule has 0 spiro atoms. The van der Waals surface area contributed by atoms with Crippen molar-refractivity contribution in [2.75, 3.05) is 13.2 Å². The summed E-state index contributed by atoms with van der Waals surface area (Å²) in [4.78, 5) is 10.9. The van der Waals surface area contributed by atoms with Crippen molar-refractivity contribution >= 4 is 31.9 Å². The quantitative estimate of drug-likeness (QED) is 0.567. The van der Waals surface area contributed by atoms with Gasteiger partial charge in [0.1, 0.15) is 0 Å². The van der Waals surface area contributed by atoms with Crippen LogP contribution in [0.5, 0.6) is 0 Å². The molecule has 0 amide bonds. The minimum atomic E-state index is -4.01. The van der Waals surface area contributed by atoms with E-state index in [0.717, 1.165) is 6.07 Å². The second kappa shape index (κ2) is 6.41. The van der Waals surface area contributed by atoms with Crippen LogP contribution in [0.2, 0.25) is 0 Å². The molecule has 0 aliphatic heterocycles. The van der Waals surface area contributed by atoms with Crippen LogP contribution in [0.25, 0.3) is 0 Å². The number of sulfonamides is 1. The van der Waals surface area contributed by atoms with Gasteiger partial charge in [0.15, 0.2) is 0 Å². The molecule has 0 fully saturated rings. The molecule has 0 aliphatic rings. The minimum Gasteiger partial charge on any atom is -0.478 e. The van der Waals surface area contributed by atoms with Crippen molar-refractivity contribution in [2.45, 2.75) is 24.3 Å². The van der Waals surface area contributed by atoms with Crippen LogP contribution in [-0.2, 0) is 10.0 Å². The molecule has 0 saturated carbocycles. The number of halogens is 1. The topological polar surface area (TPSA) is 124 Å².